The molecule has 0 N–H and O–H groups in total. The fourth-order valence-electron chi connectivity index (χ4n) is 3.70. The number of benzene rings is 1. The Kier molecular flexibility index (Phi) is 6.38. The minimum Gasteiger partial charge on any atom is -0.315 e. The summed E-state index contributed by atoms with van der Waals surface area (Å²) in [6.07, 6.45) is 2.47. The third kappa shape index (κ3) is 4.51. The lowest BCUT2D eigenvalue weighted by atomic mass is 10.3. The monoisotopic (exact) mass is 519 g/mol. The average molecular weight is 520 g/mol. The number of nitrogens with zero attached hydrogens (tertiary/aromatic N) is 7. The first-order valence-electron chi connectivity index (χ1n) is 10.6. The zero-order chi connectivity index (χ0) is 25.7. The molecule has 0 atom stereocenters. The van der Waals surface area contributed by atoms with Crippen molar-refractivity contribution < 1.29 is 13.2 Å². The molecule has 0 bridgehead atoms. The van der Waals surface area contributed by atoms with Crippen molar-refractivity contribution in [2.45, 2.75) is 11.4 Å². The van der Waals surface area contributed by atoms with Crippen molar-refractivity contribution in [1.29, 1.82) is 0 Å². The van der Waals surface area contributed by atoms with Crippen molar-refractivity contribution in [3.63, 3.8) is 0 Å². The molecule has 0 unspecified atom stereocenters. The van der Waals surface area contributed by atoms with Crippen molar-refractivity contribution in [3.05, 3.63) is 45.4 Å². The van der Waals surface area contributed by atoms with Gasteiger partial charge in [0.25, 0.3) is 5.56 Å². The van der Waals surface area contributed by atoms with E-state index in [1.807, 2.05) is 19.0 Å². The van der Waals surface area contributed by atoms with Gasteiger partial charge in [-0.15, -0.1) is 0 Å². The Balaban J connectivity index is 1.78. The number of fused-ring (bicyclic) bond motifs is 2. The Morgan fingerprint density at radius 3 is 2.49 bits per heavy atom. The topological polar surface area (TPSA) is 132 Å². The minimum absolute atomic E-state index is 0.0996. The van der Waals surface area contributed by atoms with Gasteiger partial charge < -0.3 is 9.47 Å². The van der Waals surface area contributed by atoms with Crippen LogP contribution in [0.15, 0.2) is 39.0 Å². The van der Waals surface area contributed by atoms with Gasteiger partial charge in [-0.2, -0.15) is 0 Å². The van der Waals surface area contributed by atoms with Crippen molar-refractivity contribution >= 4 is 53.6 Å². The molecule has 0 aliphatic heterocycles. The maximum atomic E-state index is 13.5. The van der Waals surface area contributed by atoms with E-state index in [9.17, 15) is 22.8 Å². The highest BCUT2D eigenvalue weighted by Gasteiger charge is 2.24. The van der Waals surface area contributed by atoms with Gasteiger partial charge in [-0.3, -0.25) is 23.6 Å². The van der Waals surface area contributed by atoms with Crippen LogP contribution in [0.3, 0.4) is 0 Å². The number of carbonyl (C=O) groups is 1. The highest BCUT2D eigenvalue weighted by molar-refractivity contribution is 7.91. The van der Waals surface area contributed by atoms with E-state index in [4.69, 9.17) is 0 Å². The molecule has 0 saturated carbocycles. The summed E-state index contributed by atoms with van der Waals surface area (Å²) in [5, 5.41) is 0.354. The maximum absolute atomic E-state index is 13.5. The first kappa shape index (κ1) is 24.8. The van der Waals surface area contributed by atoms with Crippen LogP contribution >= 0.6 is 11.3 Å². The van der Waals surface area contributed by atoms with Gasteiger partial charge in [-0.05, 0) is 26.2 Å². The summed E-state index contributed by atoms with van der Waals surface area (Å²) < 4.78 is 28.7. The Morgan fingerprint density at radius 1 is 1.11 bits per heavy atom. The smallest absolute Gasteiger partial charge is 0.315 e. The van der Waals surface area contributed by atoms with Gasteiger partial charge in [0, 0.05) is 33.4 Å². The number of aromatic nitrogens is 5. The fourth-order valence-corrected chi connectivity index (χ4v) is 5.63. The zero-order valence-corrected chi connectivity index (χ0v) is 21.6. The van der Waals surface area contributed by atoms with Crippen molar-refractivity contribution in [3.8, 4) is 0 Å². The van der Waals surface area contributed by atoms with Gasteiger partial charge >= 0.3 is 5.69 Å². The molecule has 3 heterocycles. The molecule has 0 aliphatic carbocycles. The molecule has 12 nitrogen and oxygen atoms in total. The van der Waals surface area contributed by atoms with E-state index in [1.54, 1.807) is 12.1 Å². The van der Waals surface area contributed by atoms with Crippen LogP contribution in [-0.2, 0) is 35.3 Å². The number of likely N-dealkylation sites (N-methyl/N-ethyl adjacent to an activating group) is 1. The fraction of sp³-hybridized carbons (Fsp3) is 0.381. The molecule has 1 amide bonds. The van der Waals surface area contributed by atoms with E-state index >= 15 is 0 Å². The van der Waals surface area contributed by atoms with Crippen LogP contribution in [0.25, 0.3) is 21.4 Å². The molecular weight excluding hydrogens is 494 g/mol. The number of thiazole rings is 1. The molecule has 186 valence electrons. The molecule has 35 heavy (non-hydrogen) atoms. The number of amides is 1. The van der Waals surface area contributed by atoms with Crippen LogP contribution in [0.2, 0.25) is 0 Å². The average Bonchev–Trinajstić information content (AvgIpc) is 3.39. The zero-order valence-electron chi connectivity index (χ0n) is 19.9. The van der Waals surface area contributed by atoms with Crippen LogP contribution < -0.4 is 16.1 Å². The summed E-state index contributed by atoms with van der Waals surface area (Å²) in [6.45, 7) is 0.608. The largest absolute Gasteiger partial charge is 0.332 e. The molecule has 0 aliphatic rings. The lowest BCUT2D eigenvalue weighted by Gasteiger charge is -2.22. The number of rotatable bonds is 7. The van der Waals surface area contributed by atoms with E-state index in [1.165, 1.54) is 51.9 Å². The first-order chi connectivity index (χ1) is 16.4. The van der Waals surface area contributed by atoms with Crippen LogP contribution in [0, 0.1) is 0 Å². The molecule has 0 fully saturated rings. The lowest BCUT2D eigenvalue weighted by Crippen LogP contribution is -2.40. The van der Waals surface area contributed by atoms with E-state index in [0.29, 0.717) is 28.4 Å². The van der Waals surface area contributed by atoms with Crippen LogP contribution in [0.5, 0.6) is 0 Å². The summed E-state index contributed by atoms with van der Waals surface area (Å²) in [5.74, 6) is -0.359. The summed E-state index contributed by atoms with van der Waals surface area (Å²) in [6, 6.07) is 4.89. The molecule has 0 saturated heterocycles. The highest BCUT2D eigenvalue weighted by atomic mass is 32.2. The Hall–Kier alpha value is -3.36. The number of para-hydroxylation sites is 1. The van der Waals surface area contributed by atoms with Crippen molar-refractivity contribution in [2.75, 3.05) is 38.3 Å². The summed E-state index contributed by atoms with van der Waals surface area (Å²) in [5.41, 5.74) is -0.425. The van der Waals surface area contributed by atoms with Crippen LogP contribution in [0.4, 0.5) is 5.13 Å². The molecular formula is C21H25N7O5S2. The normalized spacial score (nSPS) is 12.2. The molecule has 4 aromatic rings. The van der Waals surface area contributed by atoms with E-state index in [2.05, 4.69) is 9.97 Å². The number of hydrogen-bond donors (Lipinski definition) is 0. The van der Waals surface area contributed by atoms with Crippen LogP contribution in [-0.4, -0.2) is 76.3 Å². The number of anilines is 1. The standard InChI is InChI=1S/C21H25N7O5S2/c1-24(2)9-10-28(20-23-16-13(34-20)7-6-8-14(16)35(5,32)33)15(29)11-27-12-22-18-17(27)19(30)26(4)21(31)25(18)3/h6-8,12H,9-11H2,1-5H3. The third-order valence-corrected chi connectivity index (χ3v) is 7.77. The van der Waals surface area contributed by atoms with Gasteiger partial charge in [0.1, 0.15) is 12.1 Å². The SMILES string of the molecule is CN(C)CCN(C(=O)Cn1cnc2c1c(=O)n(C)c(=O)n2C)c1nc2c(S(C)(=O)=O)cccc2s1. The van der Waals surface area contributed by atoms with Gasteiger partial charge in [-0.1, -0.05) is 17.4 Å². The second-order valence-electron chi connectivity index (χ2n) is 8.47. The first-order valence-corrected chi connectivity index (χ1v) is 13.3. The number of sulfone groups is 1. The molecule has 14 heteroatoms. The Labute approximate surface area is 204 Å². The van der Waals surface area contributed by atoms with Crippen molar-refractivity contribution in [1.82, 2.24) is 28.6 Å². The summed E-state index contributed by atoms with van der Waals surface area (Å²) in [7, 11) is 3.10. The number of imidazole rings is 1. The predicted octanol–water partition coefficient (Wildman–Crippen LogP) is 0.0417. The molecule has 0 radical (unpaired) electrons. The molecule has 0 spiro atoms. The van der Waals surface area contributed by atoms with Gasteiger partial charge in [0.15, 0.2) is 26.1 Å². The lowest BCUT2D eigenvalue weighted by molar-refractivity contribution is -0.119. The Bertz CT molecular complexity index is 1680. The third-order valence-electron chi connectivity index (χ3n) is 5.60. The quantitative estimate of drug-likeness (QED) is 0.334. The van der Waals surface area contributed by atoms with Crippen molar-refractivity contribution in [2.24, 2.45) is 14.1 Å². The van der Waals surface area contributed by atoms with E-state index in [-0.39, 0.29) is 28.5 Å². The van der Waals surface area contributed by atoms with Crippen LogP contribution in [0.1, 0.15) is 0 Å². The second kappa shape index (κ2) is 9.02. The molecule has 1 aromatic carbocycles. The highest BCUT2D eigenvalue weighted by Crippen LogP contribution is 2.32. The van der Waals surface area contributed by atoms with E-state index < -0.39 is 21.1 Å². The van der Waals surface area contributed by atoms with Gasteiger partial charge in [-0.25, -0.2) is 23.2 Å². The number of hydrogen-bond acceptors (Lipinski definition) is 9. The molecule has 3 aromatic heterocycles. The summed E-state index contributed by atoms with van der Waals surface area (Å²) in [4.78, 5) is 50.6. The summed E-state index contributed by atoms with van der Waals surface area (Å²) >= 11 is 1.22. The Morgan fingerprint density at radius 2 is 1.83 bits per heavy atom. The minimum atomic E-state index is -3.51. The predicted molar refractivity (Wildman–Crippen MR) is 134 cm³/mol. The van der Waals surface area contributed by atoms with Gasteiger partial charge in [0.05, 0.1) is 15.9 Å². The maximum Gasteiger partial charge on any atom is 0.332 e. The number of aryl methyl sites for hydroxylation is 1. The van der Waals surface area contributed by atoms with E-state index in [0.717, 1.165) is 10.8 Å². The molecule has 4 rings (SSSR count). The number of carbonyl (C=O) groups excluding carboxylic acids is 1. The second-order valence-corrected chi connectivity index (χ2v) is 11.5. The van der Waals surface area contributed by atoms with Gasteiger partial charge in [0.2, 0.25) is 5.91 Å².